The first kappa shape index (κ1) is 8.32. The van der Waals surface area contributed by atoms with Crippen molar-refractivity contribution in [3.8, 4) is 0 Å². The number of carbonyl (C=O) groups is 1. The zero-order chi connectivity index (χ0) is 7.44. The van der Waals surface area contributed by atoms with Crippen LogP contribution in [-0.2, 0) is 4.79 Å². The second-order valence-corrected chi connectivity index (χ2v) is 1.49. The van der Waals surface area contributed by atoms with E-state index in [1.807, 2.05) is 0 Å². The van der Waals surface area contributed by atoms with Crippen molar-refractivity contribution in [2.75, 3.05) is 6.61 Å². The van der Waals surface area contributed by atoms with E-state index in [2.05, 4.69) is 0 Å². The van der Waals surface area contributed by atoms with Gasteiger partial charge < -0.3 is 15.3 Å². The SMILES string of the molecule is O=C(O)[C@@H](F)[C@H](O)CO. The van der Waals surface area contributed by atoms with Gasteiger partial charge in [-0.3, -0.25) is 0 Å². The highest BCUT2D eigenvalue weighted by molar-refractivity contribution is 5.72. The van der Waals surface area contributed by atoms with Crippen LogP contribution in [-0.4, -0.2) is 40.2 Å². The number of carboxylic acids is 1. The van der Waals surface area contributed by atoms with Crippen molar-refractivity contribution < 1.29 is 24.5 Å². The minimum Gasteiger partial charge on any atom is -0.479 e. The molecule has 2 atom stereocenters. The number of hydrogen-bond donors (Lipinski definition) is 3. The first-order valence-corrected chi connectivity index (χ1v) is 2.25. The molecule has 0 heterocycles. The summed E-state index contributed by atoms with van der Waals surface area (Å²) in [6.07, 6.45) is -4.21. The van der Waals surface area contributed by atoms with E-state index in [9.17, 15) is 9.18 Å². The number of aliphatic hydroxyl groups excluding tert-OH is 2. The van der Waals surface area contributed by atoms with E-state index in [1.165, 1.54) is 0 Å². The summed E-state index contributed by atoms with van der Waals surface area (Å²) < 4.78 is 11.9. The average Bonchev–Trinajstić information content (AvgIpc) is 1.84. The summed E-state index contributed by atoms with van der Waals surface area (Å²) in [4.78, 5) is 9.65. The van der Waals surface area contributed by atoms with Crippen molar-refractivity contribution in [3.63, 3.8) is 0 Å². The van der Waals surface area contributed by atoms with Crippen LogP contribution >= 0.6 is 0 Å². The number of alkyl halides is 1. The van der Waals surface area contributed by atoms with Crippen molar-refractivity contribution >= 4 is 5.97 Å². The molecule has 0 aliphatic heterocycles. The molecular formula is C4H7FO4. The number of hydrogen-bond acceptors (Lipinski definition) is 3. The molecule has 4 nitrogen and oxygen atoms in total. The van der Waals surface area contributed by atoms with E-state index in [0.29, 0.717) is 0 Å². The number of rotatable bonds is 3. The highest BCUT2D eigenvalue weighted by Gasteiger charge is 2.24. The molecule has 0 spiro atoms. The average molecular weight is 138 g/mol. The molecule has 0 fully saturated rings. The second kappa shape index (κ2) is 3.37. The maximum atomic E-state index is 11.9. The molecule has 0 bridgehead atoms. The lowest BCUT2D eigenvalue weighted by Gasteiger charge is -2.06. The Hall–Kier alpha value is -0.680. The van der Waals surface area contributed by atoms with Gasteiger partial charge in [-0.25, -0.2) is 9.18 Å². The fourth-order valence-electron chi connectivity index (χ4n) is 0.257. The topological polar surface area (TPSA) is 77.8 Å². The van der Waals surface area contributed by atoms with Crippen LogP contribution < -0.4 is 0 Å². The van der Waals surface area contributed by atoms with E-state index in [-0.39, 0.29) is 0 Å². The fraction of sp³-hybridized carbons (Fsp3) is 0.750. The van der Waals surface area contributed by atoms with Crippen LogP contribution in [0.5, 0.6) is 0 Å². The van der Waals surface area contributed by atoms with Gasteiger partial charge in [0.05, 0.1) is 6.61 Å². The third kappa shape index (κ3) is 2.39. The third-order valence-corrected chi connectivity index (χ3v) is 0.761. The number of carboxylic acid groups (broad SMARTS) is 1. The van der Waals surface area contributed by atoms with Crippen LogP contribution in [0.1, 0.15) is 0 Å². The molecule has 0 amide bonds. The summed E-state index contributed by atoms with van der Waals surface area (Å²) in [5.41, 5.74) is 0. The van der Waals surface area contributed by atoms with E-state index in [1.54, 1.807) is 0 Å². The molecule has 9 heavy (non-hydrogen) atoms. The van der Waals surface area contributed by atoms with Gasteiger partial charge >= 0.3 is 5.97 Å². The van der Waals surface area contributed by atoms with E-state index in [0.717, 1.165) is 0 Å². The fourth-order valence-corrected chi connectivity index (χ4v) is 0.257. The lowest BCUT2D eigenvalue weighted by molar-refractivity contribution is -0.148. The Morgan fingerprint density at radius 2 is 2.11 bits per heavy atom. The predicted molar refractivity (Wildman–Crippen MR) is 25.6 cm³/mol. The summed E-state index contributed by atoms with van der Waals surface area (Å²) in [5.74, 6) is -1.77. The monoisotopic (exact) mass is 138 g/mol. The normalized spacial score (nSPS) is 16.8. The molecule has 0 aromatic rings. The van der Waals surface area contributed by atoms with Crippen LogP contribution in [0.4, 0.5) is 4.39 Å². The van der Waals surface area contributed by atoms with E-state index < -0.39 is 24.9 Å². The minimum atomic E-state index is -2.39. The van der Waals surface area contributed by atoms with Gasteiger partial charge in [-0.15, -0.1) is 0 Å². The number of aliphatic hydroxyl groups is 2. The quantitative estimate of drug-likeness (QED) is 0.456. The van der Waals surface area contributed by atoms with Gasteiger partial charge in [0.15, 0.2) is 0 Å². The summed E-state index contributed by atoms with van der Waals surface area (Å²) in [7, 11) is 0. The third-order valence-electron chi connectivity index (χ3n) is 0.761. The van der Waals surface area contributed by atoms with Crippen molar-refractivity contribution in [1.82, 2.24) is 0 Å². The maximum Gasteiger partial charge on any atom is 0.341 e. The summed E-state index contributed by atoms with van der Waals surface area (Å²) in [5, 5.41) is 24.1. The zero-order valence-electron chi connectivity index (χ0n) is 4.49. The Bertz CT molecular complexity index is 105. The van der Waals surface area contributed by atoms with Crippen molar-refractivity contribution in [2.24, 2.45) is 0 Å². The summed E-state index contributed by atoms with van der Waals surface area (Å²) >= 11 is 0. The van der Waals surface area contributed by atoms with E-state index in [4.69, 9.17) is 15.3 Å². The Labute approximate surface area is 50.5 Å². The smallest absolute Gasteiger partial charge is 0.341 e. The molecule has 0 unspecified atom stereocenters. The molecular weight excluding hydrogens is 131 g/mol. The molecule has 0 aliphatic rings. The van der Waals surface area contributed by atoms with Gasteiger partial charge in [-0.2, -0.15) is 0 Å². The van der Waals surface area contributed by atoms with Crippen LogP contribution in [0, 0.1) is 0 Å². The first-order valence-electron chi connectivity index (χ1n) is 2.25. The van der Waals surface area contributed by atoms with Crippen molar-refractivity contribution in [3.05, 3.63) is 0 Å². The number of halogens is 1. The van der Waals surface area contributed by atoms with Crippen molar-refractivity contribution in [1.29, 1.82) is 0 Å². The van der Waals surface area contributed by atoms with Crippen LogP contribution in [0.3, 0.4) is 0 Å². The molecule has 0 aliphatic carbocycles. The van der Waals surface area contributed by atoms with Gasteiger partial charge in [0.1, 0.15) is 6.10 Å². The minimum absolute atomic E-state index is 0.881. The standard InChI is InChI=1S/C4H7FO4/c5-3(4(8)9)2(7)1-6/h2-3,6-7H,1H2,(H,8,9)/t2-,3+/m1/s1. The molecule has 0 aromatic heterocycles. The maximum absolute atomic E-state index is 11.9. The zero-order valence-corrected chi connectivity index (χ0v) is 4.49. The first-order chi connectivity index (χ1) is 4.09. The van der Waals surface area contributed by atoms with Crippen molar-refractivity contribution in [2.45, 2.75) is 12.3 Å². The molecule has 0 saturated heterocycles. The van der Waals surface area contributed by atoms with Crippen LogP contribution in [0.25, 0.3) is 0 Å². The number of aliphatic carboxylic acids is 1. The predicted octanol–water partition coefficient (Wildman–Crippen LogP) is -1.24. The van der Waals surface area contributed by atoms with Crippen LogP contribution in [0.2, 0.25) is 0 Å². The lowest BCUT2D eigenvalue weighted by Crippen LogP contribution is -2.32. The molecule has 5 heteroatoms. The highest BCUT2D eigenvalue weighted by Crippen LogP contribution is 1.97. The van der Waals surface area contributed by atoms with Gasteiger partial charge in [0.2, 0.25) is 6.17 Å². The Balaban J connectivity index is 3.72. The Morgan fingerprint density at radius 3 is 2.22 bits per heavy atom. The molecule has 54 valence electrons. The molecule has 0 saturated carbocycles. The molecule has 0 radical (unpaired) electrons. The van der Waals surface area contributed by atoms with Gasteiger partial charge in [-0.1, -0.05) is 0 Å². The second-order valence-electron chi connectivity index (χ2n) is 1.49. The molecule has 0 aromatic carbocycles. The van der Waals surface area contributed by atoms with E-state index >= 15 is 0 Å². The largest absolute Gasteiger partial charge is 0.479 e. The summed E-state index contributed by atoms with van der Waals surface area (Å²) in [6, 6.07) is 0. The Morgan fingerprint density at radius 1 is 1.67 bits per heavy atom. The van der Waals surface area contributed by atoms with Gasteiger partial charge in [0.25, 0.3) is 0 Å². The summed E-state index contributed by atoms with van der Waals surface area (Å²) in [6.45, 7) is -0.881. The Kier molecular flexibility index (Phi) is 3.11. The van der Waals surface area contributed by atoms with Gasteiger partial charge in [-0.05, 0) is 0 Å². The molecule has 0 rings (SSSR count). The highest BCUT2D eigenvalue weighted by atomic mass is 19.1. The van der Waals surface area contributed by atoms with Gasteiger partial charge in [0, 0.05) is 0 Å². The molecule has 3 N–H and O–H groups in total. The lowest BCUT2D eigenvalue weighted by atomic mass is 10.2. The van der Waals surface area contributed by atoms with Crippen LogP contribution in [0.15, 0.2) is 0 Å².